The number of methoxy groups -OCH3 is 1. The van der Waals surface area contributed by atoms with Crippen LogP contribution in [0.5, 0.6) is 11.5 Å². The van der Waals surface area contributed by atoms with Crippen LogP contribution in [0.25, 0.3) is 11.9 Å². The lowest BCUT2D eigenvalue weighted by Crippen LogP contribution is -2.13. The van der Waals surface area contributed by atoms with Gasteiger partial charge >= 0.3 is 12.8 Å². The molecule has 3 aromatic rings. The predicted octanol–water partition coefficient (Wildman–Crippen LogP) is 4.86. The number of carbonyl (C=O) groups excluding carboxylic acids is 1. The number of carbonyl (C=O) groups is 1. The van der Waals surface area contributed by atoms with Gasteiger partial charge in [-0.2, -0.15) is 31.7 Å². The number of amides is 1. The molecule has 0 radical (unpaired) electrons. The topological polar surface area (TPSA) is 78.3 Å². The van der Waals surface area contributed by atoms with Crippen LogP contribution < -0.4 is 14.8 Å². The van der Waals surface area contributed by atoms with Gasteiger partial charge in [0.1, 0.15) is 5.82 Å². The van der Waals surface area contributed by atoms with Crippen LogP contribution in [-0.2, 0) is 11.0 Å². The molecule has 33 heavy (non-hydrogen) atoms. The lowest BCUT2D eigenvalue weighted by atomic mass is 10.1. The number of rotatable bonds is 7. The molecule has 1 N–H and O–H groups in total. The quantitative estimate of drug-likeness (QED) is 0.396. The number of nitrogens with one attached hydrogen (secondary N) is 1. The van der Waals surface area contributed by atoms with Crippen molar-refractivity contribution in [3.05, 3.63) is 65.5 Å². The maximum absolute atomic E-state index is 12.8. The molecule has 0 aliphatic heterocycles. The van der Waals surface area contributed by atoms with E-state index in [1.54, 1.807) is 6.92 Å². The Morgan fingerprint density at radius 2 is 1.97 bits per heavy atom. The second kappa shape index (κ2) is 9.67. The molecule has 3 rings (SSSR count). The van der Waals surface area contributed by atoms with Gasteiger partial charge in [-0.1, -0.05) is 12.1 Å². The molecule has 0 atom stereocenters. The number of halogens is 5. The lowest BCUT2D eigenvalue weighted by Gasteiger charge is -2.12. The van der Waals surface area contributed by atoms with E-state index in [4.69, 9.17) is 4.74 Å². The smallest absolute Gasteiger partial charge is 0.417 e. The number of benzene rings is 1. The maximum Gasteiger partial charge on any atom is 0.417 e. The zero-order valence-corrected chi connectivity index (χ0v) is 17.2. The number of para-hydroxylation sites is 1. The van der Waals surface area contributed by atoms with Crippen molar-refractivity contribution in [1.82, 2.24) is 14.8 Å². The second-order valence-electron chi connectivity index (χ2n) is 6.57. The fourth-order valence-electron chi connectivity index (χ4n) is 2.82. The second-order valence-corrected chi connectivity index (χ2v) is 6.57. The molecule has 174 valence electrons. The molecule has 0 spiro atoms. The summed E-state index contributed by atoms with van der Waals surface area (Å²) >= 11 is 0. The molecule has 0 aliphatic rings. The van der Waals surface area contributed by atoms with Gasteiger partial charge in [0.2, 0.25) is 5.91 Å². The van der Waals surface area contributed by atoms with E-state index in [0.717, 1.165) is 22.9 Å². The van der Waals surface area contributed by atoms with Crippen LogP contribution in [0.2, 0.25) is 0 Å². The summed E-state index contributed by atoms with van der Waals surface area (Å²) in [5, 5.41) is 6.65. The molecule has 7 nitrogen and oxygen atoms in total. The molecule has 0 saturated heterocycles. The minimum absolute atomic E-state index is 0.0517. The Hall–Kier alpha value is -3.96. The molecule has 0 fully saturated rings. The summed E-state index contributed by atoms with van der Waals surface area (Å²) in [6.45, 7) is -1.48. The Bertz CT molecular complexity index is 1160. The maximum atomic E-state index is 12.8. The summed E-state index contributed by atoms with van der Waals surface area (Å²) < 4.78 is 74.4. The third-order valence-electron chi connectivity index (χ3n) is 4.23. The zero-order chi connectivity index (χ0) is 24.2. The number of aryl methyl sites for hydroxylation is 1. The van der Waals surface area contributed by atoms with E-state index >= 15 is 0 Å². The van der Waals surface area contributed by atoms with E-state index in [1.807, 2.05) is 0 Å². The molecule has 0 unspecified atom stereocenters. The van der Waals surface area contributed by atoms with Gasteiger partial charge in [-0.05, 0) is 31.2 Å². The van der Waals surface area contributed by atoms with E-state index in [2.05, 4.69) is 20.1 Å². The number of hydrogen-bond acceptors (Lipinski definition) is 5. The summed E-state index contributed by atoms with van der Waals surface area (Å²) in [5.41, 5.74) is -0.293. The van der Waals surface area contributed by atoms with E-state index in [9.17, 15) is 26.7 Å². The largest absolute Gasteiger partial charge is 0.493 e. The van der Waals surface area contributed by atoms with Gasteiger partial charge in [-0.15, -0.1) is 0 Å². The first kappa shape index (κ1) is 23.7. The summed E-state index contributed by atoms with van der Waals surface area (Å²) in [6, 6.07) is 7.85. The highest BCUT2D eigenvalue weighted by Crippen LogP contribution is 2.33. The summed E-state index contributed by atoms with van der Waals surface area (Å²) in [4.78, 5) is 16.2. The Balaban J connectivity index is 1.82. The fraction of sp³-hybridized carbons (Fsp3) is 0.190. The van der Waals surface area contributed by atoms with E-state index < -0.39 is 24.3 Å². The predicted molar refractivity (Wildman–Crippen MR) is 108 cm³/mol. The zero-order valence-electron chi connectivity index (χ0n) is 17.2. The van der Waals surface area contributed by atoms with Crippen molar-refractivity contribution in [3.8, 4) is 17.3 Å². The standard InChI is InChI=1S/C21H17F5N4O3/c1-12-10-17(30(29-12)16-8-7-14(11-27-16)21(24,25)26)28-18(31)9-6-13-4-3-5-15(32-2)19(13)33-20(22)23/h3-11,20H,1-2H3,(H,28,31). The first-order valence-electron chi connectivity index (χ1n) is 9.29. The molecule has 0 saturated carbocycles. The third-order valence-corrected chi connectivity index (χ3v) is 4.23. The molecule has 1 aromatic carbocycles. The molecular weight excluding hydrogens is 451 g/mol. The Labute approximate surface area is 184 Å². The minimum atomic E-state index is -4.54. The summed E-state index contributed by atoms with van der Waals surface area (Å²) in [5.74, 6) is -0.650. The molecular formula is C21H17F5N4O3. The molecule has 2 heterocycles. The molecule has 1 amide bonds. The normalized spacial score (nSPS) is 11.8. The lowest BCUT2D eigenvalue weighted by molar-refractivity contribution is -0.137. The number of nitrogens with zero attached hydrogens (tertiary/aromatic N) is 3. The number of alkyl halides is 5. The fourth-order valence-corrected chi connectivity index (χ4v) is 2.82. The van der Waals surface area contributed by atoms with Crippen LogP contribution in [0.4, 0.5) is 27.8 Å². The minimum Gasteiger partial charge on any atom is -0.493 e. The van der Waals surface area contributed by atoms with Gasteiger partial charge in [-0.3, -0.25) is 4.79 Å². The van der Waals surface area contributed by atoms with Gasteiger partial charge in [-0.25, -0.2) is 4.98 Å². The van der Waals surface area contributed by atoms with Gasteiger partial charge < -0.3 is 14.8 Å². The number of pyridine rings is 1. The van der Waals surface area contributed by atoms with Gasteiger partial charge in [0.05, 0.1) is 18.4 Å². The van der Waals surface area contributed by atoms with Crippen molar-refractivity contribution in [2.75, 3.05) is 12.4 Å². The van der Waals surface area contributed by atoms with Crippen LogP contribution in [0.1, 0.15) is 16.8 Å². The van der Waals surface area contributed by atoms with Crippen molar-refractivity contribution in [1.29, 1.82) is 0 Å². The third kappa shape index (κ3) is 5.84. The highest BCUT2D eigenvalue weighted by molar-refractivity contribution is 6.01. The molecule has 2 aromatic heterocycles. The molecule has 12 heteroatoms. The van der Waals surface area contributed by atoms with Crippen LogP contribution in [0.3, 0.4) is 0 Å². The molecule has 0 bridgehead atoms. The highest BCUT2D eigenvalue weighted by Gasteiger charge is 2.30. The van der Waals surface area contributed by atoms with Gasteiger partial charge in [0, 0.05) is 23.9 Å². The average molecular weight is 468 g/mol. The van der Waals surface area contributed by atoms with Crippen molar-refractivity contribution in [2.45, 2.75) is 19.7 Å². The first-order valence-corrected chi connectivity index (χ1v) is 9.29. The van der Waals surface area contributed by atoms with Crippen molar-refractivity contribution in [2.24, 2.45) is 0 Å². The van der Waals surface area contributed by atoms with E-state index in [0.29, 0.717) is 11.9 Å². The SMILES string of the molecule is COc1cccc(C=CC(=O)Nc2cc(C)nn2-c2ccc(C(F)(F)F)cn2)c1OC(F)F. The van der Waals surface area contributed by atoms with Crippen LogP contribution in [-0.4, -0.2) is 34.4 Å². The first-order chi connectivity index (χ1) is 15.6. The monoisotopic (exact) mass is 468 g/mol. The number of anilines is 1. The van der Waals surface area contributed by atoms with Crippen LogP contribution in [0, 0.1) is 6.92 Å². The van der Waals surface area contributed by atoms with Gasteiger partial charge in [0.25, 0.3) is 0 Å². The van der Waals surface area contributed by atoms with Crippen LogP contribution >= 0.6 is 0 Å². The van der Waals surface area contributed by atoms with Crippen molar-refractivity contribution in [3.63, 3.8) is 0 Å². The van der Waals surface area contributed by atoms with Crippen molar-refractivity contribution < 1.29 is 36.2 Å². The Morgan fingerprint density at radius 1 is 1.21 bits per heavy atom. The van der Waals surface area contributed by atoms with Crippen LogP contribution in [0.15, 0.2) is 48.7 Å². The summed E-state index contributed by atoms with van der Waals surface area (Å²) in [7, 11) is 1.28. The highest BCUT2D eigenvalue weighted by atomic mass is 19.4. The van der Waals surface area contributed by atoms with Gasteiger partial charge in [0.15, 0.2) is 17.3 Å². The van der Waals surface area contributed by atoms with E-state index in [-0.39, 0.29) is 28.7 Å². The van der Waals surface area contributed by atoms with E-state index in [1.165, 1.54) is 37.5 Å². The number of aromatic nitrogens is 3. The Morgan fingerprint density at radius 3 is 2.58 bits per heavy atom. The number of ether oxygens (including phenoxy) is 2. The average Bonchev–Trinajstić information content (AvgIpc) is 3.11. The summed E-state index contributed by atoms with van der Waals surface area (Å²) in [6.07, 6.45) is -1.56. The van der Waals surface area contributed by atoms with Crippen molar-refractivity contribution >= 4 is 17.8 Å². The Kier molecular flexibility index (Phi) is 6.95. The molecule has 0 aliphatic carbocycles. The number of hydrogen-bond donors (Lipinski definition) is 1.